The molecule has 5 nitrogen and oxygen atoms in total. The van der Waals surface area contributed by atoms with Crippen molar-refractivity contribution >= 4 is 22.4 Å². The summed E-state index contributed by atoms with van der Waals surface area (Å²) in [5, 5.41) is 9.76. The van der Waals surface area contributed by atoms with Gasteiger partial charge in [-0.3, -0.25) is 4.79 Å². The number of nitrogens with zero attached hydrogens (tertiary/aromatic N) is 2. The van der Waals surface area contributed by atoms with Gasteiger partial charge in [-0.2, -0.15) is 0 Å². The Balaban J connectivity index is 2.47. The molecule has 0 fully saturated rings. The first-order chi connectivity index (χ1) is 5.74. The molecule has 0 aliphatic carbocycles. The van der Waals surface area contributed by atoms with E-state index >= 15 is 0 Å². The molecule has 2 N–H and O–H groups in total. The lowest BCUT2D eigenvalue weighted by Gasteiger charge is -2.07. The molecule has 1 unspecified atom stereocenters. The largest absolute Gasteiger partial charge is 0.314 e. The third-order valence-corrected chi connectivity index (χ3v) is 2.01. The summed E-state index contributed by atoms with van der Waals surface area (Å²) in [6, 6.07) is -0.202. The Hall–Kier alpha value is -1.01. The van der Waals surface area contributed by atoms with Crippen LogP contribution in [0.2, 0.25) is 0 Å². The first-order valence-corrected chi connectivity index (χ1v) is 4.27. The average molecular weight is 186 g/mol. The van der Waals surface area contributed by atoms with Crippen LogP contribution in [0.4, 0.5) is 5.00 Å². The van der Waals surface area contributed by atoms with Gasteiger partial charge in [0.05, 0.1) is 12.2 Å². The van der Waals surface area contributed by atoms with E-state index in [2.05, 4.69) is 20.2 Å². The fourth-order valence-corrected chi connectivity index (χ4v) is 1.01. The van der Waals surface area contributed by atoms with E-state index < -0.39 is 0 Å². The molecule has 1 heterocycles. The van der Waals surface area contributed by atoms with Gasteiger partial charge in [-0.25, -0.2) is 0 Å². The van der Waals surface area contributed by atoms with E-state index in [1.165, 1.54) is 6.20 Å². The van der Waals surface area contributed by atoms with E-state index in [0.29, 0.717) is 5.00 Å². The number of hydrogen-bond donors (Lipinski definition) is 2. The van der Waals surface area contributed by atoms with Gasteiger partial charge >= 0.3 is 0 Å². The molecule has 0 aliphatic rings. The number of carbonyl (C=O) groups excluding carboxylic acids is 1. The van der Waals surface area contributed by atoms with Crippen LogP contribution in [0.1, 0.15) is 6.92 Å². The Morgan fingerprint density at radius 1 is 1.75 bits per heavy atom. The number of anilines is 1. The Labute approximate surface area is 74.3 Å². The van der Waals surface area contributed by atoms with E-state index in [1.807, 2.05) is 0 Å². The van der Waals surface area contributed by atoms with Crippen LogP contribution in [0.25, 0.3) is 0 Å². The fourth-order valence-electron chi connectivity index (χ4n) is 0.583. The van der Waals surface area contributed by atoms with Crippen molar-refractivity contribution in [2.75, 3.05) is 12.4 Å². The van der Waals surface area contributed by atoms with Crippen LogP contribution in [-0.4, -0.2) is 28.6 Å². The van der Waals surface area contributed by atoms with Crippen LogP contribution < -0.4 is 10.6 Å². The molecule has 0 radical (unpaired) electrons. The topological polar surface area (TPSA) is 66.9 Å². The molecule has 0 saturated heterocycles. The zero-order chi connectivity index (χ0) is 8.97. The second-order valence-electron chi connectivity index (χ2n) is 2.28. The third kappa shape index (κ3) is 2.24. The van der Waals surface area contributed by atoms with Gasteiger partial charge in [0.25, 0.3) is 0 Å². The molecule has 1 amide bonds. The molecule has 0 bridgehead atoms. The number of rotatable bonds is 3. The van der Waals surface area contributed by atoms with Crippen LogP contribution in [-0.2, 0) is 4.79 Å². The molecule has 0 aromatic carbocycles. The van der Waals surface area contributed by atoms with Crippen LogP contribution in [0.3, 0.4) is 0 Å². The number of amides is 1. The molecular formula is C6H10N4OS. The van der Waals surface area contributed by atoms with Crippen molar-refractivity contribution in [2.45, 2.75) is 13.0 Å². The van der Waals surface area contributed by atoms with Crippen molar-refractivity contribution in [3.8, 4) is 0 Å². The monoisotopic (exact) mass is 186 g/mol. The summed E-state index contributed by atoms with van der Waals surface area (Å²) in [5.41, 5.74) is 0. The molecular weight excluding hydrogens is 176 g/mol. The van der Waals surface area contributed by atoms with Crippen molar-refractivity contribution in [3.63, 3.8) is 0 Å². The fraction of sp³-hybridized carbons (Fsp3) is 0.500. The van der Waals surface area contributed by atoms with Crippen LogP contribution in [0, 0.1) is 0 Å². The highest BCUT2D eigenvalue weighted by atomic mass is 32.1. The summed E-state index contributed by atoms with van der Waals surface area (Å²) in [5.74, 6) is -0.0800. The minimum Gasteiger partial charge on any atom is -0.314 e. The highest BCUT2D eigenvalue weighted by molar-refractivity contribution is 7.10. The quantitative estimate of drug-likeness (QED) is 0.701. The maximum Gasteiger partial charge on any atom is 0.241 e. The Morgan fingerprint density at radius 3 is 3.00 bits per heavy atom. The molecule has 1 atom stereocenters. The second-order valence-corrected chi connectivity index (χ2v) is 3.07. The summed E-state index contributed by atoms with van der Waals surface area (Å²) in [7, 11) is 1.73. The maximum atomic E-state index is 11.2. The SMILES string of the molecule is CNC(C)C(=O)Nc1cnns1. The van der Waals surface area contributed by atoms with Crippen LogP contribution in [0.15, 0.2) is 6.20 Å². The van der Waals surface area contributed by atoms with Gasteiger partial charge in [0.15, 0.2) is 0 Å². The lowest BCUT2D eigenvalue weighted by atomic mass is 10.3. The van der Waals surface area contributed by atoms with Gasteiger partial charge in [0.2, 0.25) is 5.91 Å². The van der Waals surface area contributed by atoms with Crippen molar-refractivity contribution in [1.29, 1.82) is 0 Å². The Morgan fingerprint density at radius 2 is 2.50 bits per heavy atom. The number of nitrogens with one attached hydrogen (secondary N) is 2. The van der Waals surface area contributed by atoms with E-state index in [9.17, 15) is 4.79 Å². The molecule has 1 rings (SSSR count). The molecule has 0 spiro atoms. The lowest BCUT2D eigenvalue weighted by molar-refractivity contribution is -0.117. The predicted octanol–water partition coefficient (Wildman–Crippen LogP) is 0.0845. The molecule has 0 saturated carbocycles. The summed E-state index contributed by atoms with van der Waals surface area (Å²) in [6.45, 7) is 1.78. The van der Waals surface area contributed by atoms with Gasteiger partial charge in [0, 0.05) is 11.5 Å². The van der Waals surface area contributed by atoms with Gasteiger partial charge in [-0.1, -0.05) is 4.49 Å². The second kappa shape index (κ2) is 4.13. The zero-order valence-corrected chi connectivity index (χ0v) is 7.68. The van der Waals surface area contributed by atoms with Crippen LogP contribution >= 0.6 is 11.5 Å². The smallest absolute Gasteiger partial charge is 0.241 e. The van der Waals surface area contributed by atoms with E-state index in [-0.39, 0.29) is 11.9 Å². The van der Waals surface area contributed by atoms with Gasteiger partial charge in [-0.05, 0) is 14.0 Å². The maximum absolute atomic E-state index is 11.2. The lowest BCUT2D eigenvalue weighted by Crippen LogP contribution is -2.35. The normalized spacial score (nSPS) is 12.5. The number of carbonyl (C=O) groups is 1. The standard InChI is InChI=1S/C6H10N4OS/c1-4(7-2)6(11)9-5-3-8-10-12-5/h3-4,7H,1-2H3,(H,9,11). The van der Waals surface area contributed by atoms with Crippen molar-refractivity contribution in [3.05, 3.63) is 6.20 Å². The first-order valence-electron chi connectivity index (χ1n) is 3.49. The number of aromatic nitrogens is 2. The highest BCUT2D eigenvalue weighted by Gasteiger charge is 2.10. The Kier molecular flexibility index (Phi) is 3.12. The molecule has 0 aliphatic heterocycles. The summed E-state index contributed by atoms with van der Waals surface area (Å²) in [6.07, 6.45) is 1.52. The van der Waals surface area contributed by atoms with Crippen molar-refractivity contribution < 1.29 is 4.79 Å². The summed E-state index contributed by atoms with van der Waals surface area (Å²) in [4.78, 5) is 11.2. The molecule has 1 aromatic heterocycles. The minimum atomic E-state index is -0.202. The highest BCUT2D eigenvalue weighted by Crippen LogP contribution is 2.08. The molecule has 12 heavy (non-hydrogen) atoms. The van der Waals surface area contributed by atoms with Gasteiger partial charge < -0.3 is 10.6 Å². The van der Waals surface area contributed by atoms with E-state index in [0.717, 1.165) is 11.5 Å². The van der Waals surface area contributed by atoms with Crippen molar-refractivity contribution in [2.24, 2.45) is 0 Å². The van der Waals surface area contributed by atoms with Gasteiger partial charge in [0.1, 0.15) is 5.00 Å². The van der Waals surface area contributed by atoms with E-state index in [1.54, 1.807) is 14.0 Å². The van der Waals surface area contributed by atoms with Crippen LogP contribution in [0.5, 0.6) is 0 Å². The summed E-state index contributed by atoms with van der Waals surface area (Å²) < 4.78 is 3.62. The zero-order valence-electron chi connectivity index (χ0n) is 6.87. The molecule has 6 heteroatoms. The van der Waals surface area contributed by atoms with Gasteiger partial charge in [-0.15, -0.1) is 5.10 Å². The molecule has 66 valence electrons. The number of likely N-dealkylation sites (N-methyl/N-ethyl adjacent to an activating group) is 1. The number of hydrogen-bond acceptors (Lipinski definition) is 5. The predicted molar refractivity (Wildman–Crippen MR) is 47.1 cm³/mol. The first kappa shape index (κ1) is 9.08. The summed E-state index contributed by atoms with van der Waals surface area (Å²) >= 11 is 1.16. The third-order valence-electron chi connectivity index (χ3n) is 1.43. The minimum absolute atomic E-state index is 0.0800. The average Bonchev–Trinajstić information content (AvgIpc) is 2.55. The van der Waals surface area contributed by atoms with E-state index in [4.69, 9.17) is 0 Å². The van der Waals surface area contributed by atoms with Crippen molar-refractivity contribution in [1.82, 2.24) is 14.9 Å². The molecule has 1 aromatic rings. The Bertz CT molecular complexity index is 248.